The van der Waals surface area contributed by atoms with Crippen molar-refractivity contribution >= 4 is 56.4 Å². The number of halogens is 2. The molecule has 0 unspecified atom stereocenters. The number of ether oxygens (including phenoxy) is 1. The molecule has 3 aromatic carbocycles. The average Bonchev–Trinajstić information content (AvgIpc) is 2.98. The summed E-state index contributed by atoms with van der Waals surface area (Å²) in [5.41, 5.74) is 0.428. The maximum absolute atomic E-state index is 14.2. The zero-order valence-corrected chi connectivity index (χ0v) is 27.2. The second kappa shape index (κ2) is 14.7. The lowest BCUT2D eigenvalue weighted by molar-refractivity contribution is -0.385. The molecule has 0 spiro atoms. The van der Waals surface area contributed by atoms with Gasteiger partial charge in [-0.2, -0.15) is 0 Å². The summed E-state index contributed by atoms with van der Waals surface area (Å²) in [5.74, 6) is -1.07. The number of hydrogen-bond acceptors (Lipinski definition) is 7. The molecule has 0 heterocycles. The molecule has 0 aliphatic carbocycles. The zero-order valence-electron chi connectivity index (χ0n) is 24.9. The van der Waals surface area contributed by atoms with Crippen LogP contribution >= 0.6 is 23.2 Å². The number of nitrogens with zero attached hydrogens (tertiary/aromatic N) is 3. The van der Waals surface area contributed by atoms with Gasteiger partial charge in [0.05, 0.1) is 22.6 Å². The Kier molecular flexibility index (Phi) is 11.6. The van der Waals surface area contributed by atoms with Gasteiger partial charge in [0.15, 0.2) is 0 Å². The van der Waals surface area contributed by atoms with Crippen molar-refractivity contribution in [2.75, 3.05) is 18.0 Å². The summed E-state index contributed by atoms with van der Waals surface area (Å²) < 4.78 is 34.6. The Bertz CT molecular complexity index is 1630. The number of anilines is 1. The van der Waals surface area contributed by atoms with Crippen LogP contribution < -0.4 is 14.4 Å². The molecule has 11 nitrogen and oxygen atoms in total. The number of rotatable bonds is 13. The summed E-state index contributed by atoms with van der Waals surface area (Å²) in [4.78, 5) is 39.1. The van der Waals surface area contributed by atoms with E-state index in [4.69, 9.17) is 27.9 Å². The third-order valence-corrected chi connectivity index (χ3v) is 9.33. The van der Waals surface area contributed by atoms with E-state index >= 15 is 0 Å². The first kappa shape index (κ1) is 34.6. The highest BCUT2D eigenvalue weighted by atomic mass is 35.5. The fourth-order valence-corrected chi connectivity index (χ4v) is 6.01. The Morgan fingerprint density at radius 2 is 1.66 bits per heavy atom. The predicted molar refractivity (Wildman–Crippen MR) is 170 cm³/mol. The Morgan fingerprint density at radius 3 is 2.25 bits per heavy atom. The fourth-order valence-electron chi connectivity index (χ4n) is 4.28. The molecule has 0 fully saturated rings. The van der Waals surface area contributed by atoms with Crippen LogP contribution in [0.4, 0.5) is 11.4 Å². The van der Waals surface area contributed by atoms with Crippen molar-refractivity contribution in [2.24, 2.45) is 0 Å². The van der Waals surface area contributed by atoms with Gasteiger partial charge in [0.1, 0.15) is 18.3 Å². The molecule has 3 aromatic rings. The van der Waals surface area contributed by atoms with Gasteiger partial charge in [-0.3, -0.25) is 24.0 Å². The van der Waals surface area contributed by atoms with E-state index in [0.717, 1.165) is 10.4 Å². The van der Waals surface area contributed by atoms with Gasteiger partial charge in [0.2, 0.25) is 11.8 Å². The molecule has 236 valence electrons. The molecule has 44 heavy (non-hydrogen) atoms. The summed E-state index contributed by atoms with van der Waals surface area (Å²) in [5, 5.41) is 15.1. The van der Waals surface area contributed by atoms with E-state index in [-0.39, 0.29) is 34.6 Å². The van der Waals surface area contributed by atoms with Crippen molar-refractivity contribution in [3.8, 4) is 5.75 Å². The normalized spacial score (nSPS) is 12.6. The molecule has 3 rings (SSSR count). The molecule has 0 aliphatic rings. The van der Waals surface area contributed by atoms with Crippen LogP contribution in [0, 0.1) is 17.0 Å². The lowest BCUT2D eigenvalue weighted by atomic mass is 10.1. The molecular weight excluding hydrogens is 631 g/mol. The minimum atomic E-state index is -4.63. The molecule has 0 radical (unpaired) electrons. The van der Waals surface area contributed by atoms with Crippen molar-refractivity contribution in [2.45, 2.75) is 57.6 Å². The quantitative estimate of drug-likeness (QED) is 0.181. The van der Waals surface area contributed by atoms with Crippen molar-refractivity contribution in [1.82, 2.24) is 10.2 Å². The Labute approximate surface area is 266 Å². The standard InChI is InChI=1S/C30H34Cl2N4O7S/c1-6-20(3)33-30(38)21(4)34(17-22-8-10-23(31)11-9-22)29(37)18-35(27-15-24(32)12-14-28(27)43-5)44(41,42)25-13-7-19(2)26(16-25)36(39)40/h7-16,20-21H,6,17-18H2,1-5H3,(H,33,38)/t20-,21+/m0/s1. The molecule has 2 atom stereocenters. The van der Waals surface area contributed by atoms with Crippen LogP contribution in [0.2, 0.25) is 10.0 Å². The lowest BCUT2D eigenvalue weighted by Gasteiger charge is -2.33. The smallest absolute Gasteiger partial charge is 0.273 e. The number of nitro benzene ring substituents is 1. The summed E-state index contributed by atoms with van der Waals surface area (Å²) in [6, 6.07) is 13.2. The molecule has 0 aliphatic heterocycles. The highest BCUT2D eigenvalue weighted by Gasteiger charge is 2.35. The van der Waals surface area contributed by atoms with Gasteiger partial charge >= 0.3 is 0 Å². The van der Waals surface area contributed by atoms with Crippen LogP contribution in [0.25, 0.3) is 0 Å². The number of benzene rings is 3. The van der Waals surface area contributed by atoms with Crippen LogP contribution in [-0.2, 0) is 26.2 Å². The van der Waals surface area contributed by atoms with E-state index in [9.17, 15) is 28.1 Å². The van der Waals surface area contributed by atoms with Crippen LogP contribution in [0.15, 0.2) is 65.6 Å². The molecule has 0 aromatic heterocycles. The van der Waals surface area contributed by atoms with E-state index < -0.39 is 49.9 Å². The van der Waals surface area contributed by atoms with Crippen molar-refractivity contribution in [1.29, 1.82) is 0 Å². The Balaban J connectivity index is 2.15. The van der Waals surface area contributed by atoms with Crippen molar-refractivity contribution in [3.63, 3.8) is 0 Å². The first-order valence-electron chi connectivity index (χ1n) is 13.6. The minimum Gasteiger partial charge on any atom is -0.495 e. The number of sulfonamides is 1. The second-order valence-corrected chi connectivity index (χ2v) is 12.9. The maximum atomic E-state index is 14.2. The van der Waals surface area contributed by atoms with Crippen LogP contribution in [0.3, 0.4) is 0 Å². The van der Waals surface area contributed by atoms with E-state index in [0.29, 0.717) is 17.0 Å². The van der Waals surface area contributed by atoms with E-state index in [1.54, 1.807) is 31.2 Å². The number of methoxy groups -OCH3 is 1. The highest BCUT2D eigenvalue weighted by Crippen LogP contribution is 2.36. The van der Waals surface area contributed by atoms with Crippen molar-refractivity contribution in [3.05, 3.63) is 92.0 Å². The molecule has 14 heteroatoms. The minimum absolute atomic E-state index is 0.0400. The van der Waals surface area contributed by atoms with E-state index in [1.165, 1.54) is 49.3 Å². The highest BCUT2D eigenvalue weighted by molar-refractivity contribution is 7.92. The predicted octanol–water partition coefficient (Wildman–Crippen LogP) is 5.75. The fraction of sp³-hybridized carbons (Fsp3) is 0.333. The van der Waals surface area contributed by atoms with Gasteiger partial charge in [-0.1, -0.05) is 48.3 Å². The topological polar surface area (TPSA) is 139 Å². The average molecular weight is 666 g/mol. The number of nitro groups is 1. The van der Waals surface area contributed by atoms with Crippen molar-refractivity contribution < 1.29 is 27.7 Å². The molecule has 0 bridgehead atoms. The van der Waals surface area contributed by atoms with Crippen LogP contribution in [0.5, 0.6) is 5.75 Å². The van der Waals surface area contributed by atoms with Gasteiger partial charge in [0, 0.05) is 34.3 Å². The first-order valence-corrected chi connectivity index (χ1v) is 15.8. The number of aryl methyl sites for hydroxylation is 1. The third-order valence-electron chi connectivity index (χ3n) is 7.09. The number of carbonyl (C=O) groups excluding carboxylic acids is 2. The summed E-state index contributed by atoms with van der Waals surface area (Å²) in [6.07, 6.45) is 0.660. The third kappa shape index (κ3) is 8.19. The van der Waals surface area contributed by atoms with E-state index in [2.05, 4.69) is 5.32 Å². The molecular formula is C30H34Cl2N4O7S. The van der Waals surface area contributed by atoms with Gasteiger partial charge < -0.3 is 15.0 Å². The monoisotopic (exact) mass is 664 g/mol. The Hall–Kier alpha value is -3.87. The first-order chi connectivity index (χ1) is 20.7. The molecule has 1 N–H and O–H groups in total. The largest absolute Gasteiger partial charge is 0.495 e. The van der Waals surface area contributed by atoms with Crippen LogP contribution in [-0.4, -0.2) is 55.8 Å². The summed E-state index contributed by atoms with van der Waals surface area (Å²) in [7, 11) is -3.30. The maximum Gasteiger partial charge on any atom is 0.273 e. The zero-order chi connectivity index (χ0) is 32.8. The Morgan fingerprint density at radius 1 is 1.02 bits per heavy atom. The molecule has 0 saturated heterocycles. The molecule has 2 amide bonds. The number of nitrogens with one attached hydrogen (secondary N) is 1. The number of amides is 2. The van der Waals surface area contributed by atoms with Gasteiger partial charge in [-0.25, -0.2) is 8.42 Å². The number of hydrogen-bond donors (Lipinski definition) is 1. The SMILES string of the molecule is CC[C@H](C)NC(=O)[C@@H](C)N(Cc1ccc(Cl)cc1)C(=O)CN(c1cc(Cl)ccc1OC)S(=O)(=O)c1ccc(C)c([N+](=O)[O-])c1. The number of carbonyl (C=O) groups is 2. The summed E-state index contributed by atoms with van der Waals surface area (Å²) in [6.45, 7) is 5.94. The van der Waals surface area contributed by atoms with E-state index in [1.807, 2.05) is 13.8 Å². The second-order valence-electron chi connectivity index (χ2n) is 10.2. The van der Waals surface area contributed by atoms with Crippen LogP contribution in [0.1, 0.15) is 38.3 Å². The van der Waals surface area contributed by atoms with Gasteiger partial charge in [-0.15, -0.1) is 0 Å². The summed E-state index contributed by atoms with van der Waals surface area (Å²) >= 11 is 12.3. The van der Waals surface area contributed by atoms with Gasteiger partial charge in [-0.05, 0) is 69.2 Å². The van der Waals surface area contributed by atoms with Gasteiger partial charge in [0.25, 0.3) is 15.7 Å². The lowest BCUT2D eigenvalue weighted by Crippen LogP contribution is -2.52. The molecule has 0 saturated carbocycles.